The maximum absolute atomic E-state index is 12.5. The van der Waals surface area contributed by atoms with Crippen LogP contribution in [0, 0.1) is 0 Å². The SMILES string of the molecule is CCCC/C=C\C/C=C\CCCCCCCC(=O)OCCCCCCCCCCCCCCCCCC(=O)NC(CO)C(O)/C=C/CCCCCCCCCCCCCCCCCCCCCCC. The molecule has 406 valence electrons. The van der Waals surface area contributed by atoms with Crippen LogP contribution in [0.3, 0.4) is 0 Å². The van der Waals surface area contributed by atoms with E-state index in [0.29, 0.717) is 19.4 Å². The summed E-state index contributed by atoms with van der Waals surface area (Å²) in [5, 5.41) is 23.2. The monoisotopic (exact) mass is 970 g/mol. The number of unbranched alkanes of at least 4 members (excludes halogenated alkanes) is 42. The van der Waals surface area contributed by atoms with Crippen molar-refractivity contribution in [1.29, 1.82) is 0 Å². The smallest absolute Gasteiger partial charge is 0.305 e. The van der Waals surface area contributed by atoms with Gasteiger partial charge in [-0.05, 0) is 57.8 Å². The summed E-state index contributed by atoms with van der Waals surface area (Å²) >= 11 is 0. The van der Waals surface area contributed by atoms with Gasteiger partial charge < -0.3 is 20.3 Å². The quantitative estimate of drug-likeness (QED) is 0.0321. The van der Waals surface area contributed by atoms with Crippen LogP contribution in [0.15, 0.2) is 36.5 Å². The molecular formula is C63H119NO5. The van der Waals surface area contributed by atoms with E-state index in [1.807, 2.05) is 6.08 Å². The summed E-state index contributed by atoms with van der Waals surface area (Å²) in [5.41, 5.74) is 0. The number of amides is 1. The topological polar surface area (TPSA) is 95.9 Å². The largest absolute Gasteiger partial charge is 0.466 e. The van der Waals surface area contributed by atoms with Gasteiger partial charge in [0.15, 0.2) is 0 Å². The number of hydrogen-bond donors (Lipinski definition) is 3. The van der Waals surface area contributed by atoms with E-state index in [0.717, 1.165) is 64.2 Å². The maximum Gasteiger partial charge on any atom is 0.305 e. The number of aliphatic hydroxyl groups excluding tert-OH is 2. The van der Waals surface area contributed by atoms with Gasteiger partial charge in [-0.15, -0.1) is 0 Å². The Balaban J connectivity index is 3.47. The summed E-state index contributed by atoms with van der Waals surface area (Å²) < 4.78 is 5.46. The molecule has 0 aromatic heterocycles. The second-order valence-electron chi connectivity index (χ2n) is 21.0. The fourth-order valence-electron chi connectivity index (χ4n) is 9.42. The first-order chi connectivity index (χ1) is 34.0. The molecule has 0 bridgehead atoms. The summed E-state index contributed by atoms with van der Waals surface area (Å²) in [6, 6.07) is -0.636. The number of allylic oxidation sites excluding steroid dienone is 5. The Bertz CT molecular complexity index is 1120. The zero-order chi connectivity index (χ0) is 50.0. The molecule has 0 aromatic carbocycles. The molecule has 0 heterocycles. The molecule has 69 heavy (non-hydrogen) atoms. The molecule has 1 amide bonds. The lowest BCUT2D eigenvalue weighted by molar-refractivity contribution is -0.143. The van der Waals surface area contributed by atoms with Crippen LogP contribution in [0.5, 0.6) is 0 Å². The highest BCUT2D eigenvalue weighted by Gasteiger charge is 2.18. The molecule has 0 aromatic rings. The molecular weight excluding hydrogens is 851 g/mol. The number of rotatable bonds is 57. The van der Waals surface area contributed by atoms with Gasteiger partial charge in [0.05, 0.1) is 25.4 Å². The third-order valence-corrected chi connectivity index (χ3v) is 14.2. The van der Waals surface area contributed by atoms with E-state index in [1.54, 1.807) is 6.08 Å². The molecule has 0 saturated heterocycles. The van der Waals surface area contributed by atoms with Gasteiger partial charge in [0, 0.05) is 12.8 Å². The fourth-order valence-corrected chi connectivity index (χ4v) is 9.42. The van der Waals surface area contributed by atoms with Gasteiger partial charge in [-0.1, -0.05) is 294 Å². The molecule has 3 N–H and O–H groups in total. The molecule has 0 rings (SSSR count). The first kappa shape index (κ1) is 67.1. The molecule has 6 nitrogen and oxygen atoms in total. The summed E-state index contributed by atoms with van der Waals surface area (Å²) in [4.78, 5) is 24.5. The van der Waals surface area contributed by atoms with Crippen molar-refractivity contribution in [2.75, 3.05) is 13.2 Å². The second kappa shape index (κ2) is 58.6. The van der Waals surface area contributed by atoms with Crippen molar-refractivity contribution in [3.8, 4) is 0 Å². The Morgan fingerprint density at radius 2 is 0.739 bits per heavy atom. The van der Waals surface area contributed by atoms with E-state index < -0.39 is 12.1 Å². The van der Waals surface area contributed by atoms with E-state index in [4.69, 9.17) is 4.74 Å². The van der Waals surface area contributed by atoms with E-state index >= 15 is 0 Å². The van der Waals surface area contributed by atoms with Gasteiger partial charge in [0.2, 0.25) is 5.91 Å². The van der Waals surface area contributed by atoms with Gasteiger partial charge in [-0.25, -0.2) is 0 Å². The zero-order valence-corrected chi connectivity index (χ0v) is 46.3. The number of hydrogen-bond acceptors (Lipinski definition) is 5. The Morgan fingerprint density at radius 1 is 0.406 bits per heavy atom. The number of nitrogens with one attached hydrogen (secondary N) is 1. The lowest BCUT2D eigenvalue weighted by Crippen LogP contribution is -2.45. The Hall–Kier alpha value is -1.92. The average molecular weight is 971 g/mol. The summed E-state index contributed by atoms with van der Waals surface area (Å²) in [7, 11) is 0. The van der Waals surface area contributed by atoms with E-state index in [2.05, 4.69) is 43.5 Å². The molecule has 2 atom stereocenters. The molecule has 0 aliphatic heterocycles. The minimum atomic E-state index is -0.852. The highest BCUT2D eigenvalue weighted by atomic mass is 16.5. The van der Waals surface area contributed by atoms with Gasteiger partial charge in [-0.3, -0.25) is 9.59 Å². The predicted molar refractivity (Wildman–Crippen MR) is 301 cm³/mol. The van der Waals surface area contributed by atoms with Crippen molar-refractivity contribution in [3.63, 3.8) is 0 Å². The van der Waals surface area contributed by atoms with Crippen molar-refractivity contribution < 1.29 is 24.5 Å². The van der Waals surface area contributed by atoms with Crippen LogP contribution >= 0.6 is 0 Å². The van der Waals surface area contributed by atoms with Crippen molar-refractivity contribution in [3.05, 3.63) is 36.5 Å². The minimum Gasteiger partial charge on any atom is -0.466 e. The number of carbonyl (C=O) groups excluding carboxylic acids is 2. The fraction of sp³-hybridized carbons (Fsp3) is 0.873. The van der Waals surface area contributed by atoms with E-state index in [1.165, 1.54) is 238 Å². The summed E-state index contributed by atoms with van der Waals surface area (Å²) in [6.07, 6.45) is 73.2. The Kier molecular flexibility index (Phi) is 57.0. The first-order valence-electron chi connectivity index (χ1n) is 30.8. The van der Waals surface area contributed by atoms with Crippen LogP contribution in [0.1, 0.15) is 328 Å². The molecule has 6 heteroatoms. The lowest BCUT2D eigenvalue weighted by atomic mass is 10.0. The van der Waals surface area contributed by atoms with Crippen molar-refractivity contribution in [1.82, 2.24) is 5.32 Å². The third-order valence-electron chi connectivity index (χ3n) is 14.2. The van der Waals surface area contributed by atoms with Gasteiger partial charge >= 0.3 is 5.97 Å². The van der Waals surface area contributed by atoms with Crippen LogP contribution < -0.4 is 5.32 Å². The summed E-state index contributed by atoms with van der Waals surface area (Å²) in [5.74, 6) is -0.0891. The van der Waals surface area contributed by atoms with Crippen molar-refractivity contribution >= 4 is 11.9 Å². The van der Waals surface area contributed by atoms with Crippen LogP contribution in [0.4, 0.5) is 0 Å². The van der Waals surface area contributed by atoms with Gasteiger partial charge in [0.25, 0.3) is 0 Å². The normalized spacial score (nSPS) is 12.8. The van der Waals surface area contributed by atoms with Crippen LogP contribution in [-0.2, 0) is 14.3 Å². The highest BCUT2D eigenvalue weighted by molar-refractivity contribution is 5.76. The highest BCUT2D eigenvalue weighted by Crippen LogP contribution is 2.17. The van der Waals surface area contributed by atoms with Crippen molar-refractivity contribution in [2.24, 2.45) is 0 Å². The molecule has 0 aliphatic rings. The second-order valence-corrected chi connectivity index (χ2v) is 21.0. The zero-order valence-electron chi connectivity index (χ0n) is 46.3. The molecule has 2 unspecified atom stereocenters. The number of carbonyl (C=O) groups is 2. The predicted octanol–water partition coefficient (Wildman–Crippen LogP) is 19.2. The Labute approximate surface area is 430 Å². The molecule has 0 saturated carbocycles. The number of aliphatic hydroxyl groups is 2. The van der Waals surface area contributed by atoms with E-state index in [9.17, 15) is 19.8 Å². The Morgan fingerprint density at radius 3 is 1.14 bits per heavy atom. The van der Waals surface area contributed by atoms with Crippen LogP contribution in [0.2, 0.25) is 0 Å². The number of ether oxygens (including phenoxy) is 1. The molecule has 0 fully saturated rings. The standard InChI is InChI=1S/C63H119NO5/c1-3-5-7-9-11-13-15-17-19-20-21-22-23-24-25-26-28-31-35-39-43-47-51-55-61(66)60(59-65)64-62(67)56-52-48-44-40-36-32-29-27-30-34-38-42-46-50-54-58-69-63(68)57-53-49-45-41-37-33-18-16-14-12-10-8-6-4-2/h10,12,16,18,51,55,60-61,65-66H,3-9,11,13-15,17,19-50,52-54,56-59H2,1-2H3,(H,64,67)/b12-10-,18-16-,55-51+. The van der Waals surface area contributed by atoms with Gasteiger partial charge in [-0.2, -0.15) is 0 Å². The van der Waals surface area contributed by atoms with Crippen LogP contribution in [-0.4, -0.2) is 47.4 Å². The maximum atomic E-state index is 12.5. The first-order valence-corrected chi connectivity index (χ1v) is 30.8. The van der Waals surface area contributed by atoms with Crippen LogP contribution in [0.25, 0.3) is 0 Å². The molecule has 0 aliphatic carbocycles. The average Bonchev–Trinajstić information content (AvgIpc) is 3.35. The molecule has 0 radical (unpaired) electrons. The third kappa shape index (κ3) is 55.2. The molecule has 0 spiro atoms. The van der Waals surface area contributed by atoms with Crippen molar-refractivity contribution in [2.45, 2.75) is 341 Å². The summed E-state index contributed by atoms with van der Waals surface area (Å²) in [6.45, 7) is 4.86. The minimum absolute atomic E-state index is 0.0147. The number of esters is 1. The lowest BCUT2D eigenvalue weighted by Gasteiger charge is -2.20. The van der Waals surface area contributed by atoms with Gasteiger partial charge in [0.1, 0.15) is 0 Å². The van der Waals surface area contributed by atoms with E-state index in [-0.39, 0.29) is 18.5 Å².